The normalized spacial score (nSPS) is 14.8. The summed E-state index contributed by atoms with van der Waals surface area (Å²) in [5.41, 5.74) is 0. The van der Waals surface area contributed by atoms with Gasteiger partial charge < -0.3 is 34.2 Å². The number of phosphoric acid groups is 2. The van der Waals surface area contributed by atoms with Crippen LogP contribution in [0.15, 0.2) is 158 Å². The molecule has 0 rings (SSSR count). The lowest BCUT2D eigenvalue weighted by atomic mass is 10.0. The van der Waals surface area contributed by atoms with Crippen LogP contribution in [0.2, 0.25) is 0 Å². The second-order valence-corrected chi connectivity index (χ2v) is 29.0. The fraction of sp³-hybridized carbons (Fsp3) is 0.659. The Balaban J connectivity index is 4.58. The highest BCUT2D eigenvalue weighted by Gasteiger charge is 2.29. The van der Waals surface area contributed by atoms with Gasteiger partial charge in [-0.3, -0.25) is 32.5 Å². The summed E-state index contributed by atoms with van der Waals surface area (Å²) in [6.45, 7) is 2.37. The predicted molar refractivity (Wildman–Crippen MR) is 426 cm³/mol. The molecular formula is C85H142O16P2. The first kappa shape index (κ1) is 98.2. The van der Waals surface area contributed by atoms with E-state index in [2.05, 4.69) is 179 Å². The van der Waals surface area contributed by atoms with Crippen molar-refractivity contribution >= 4 is 33.6 Å². The third-order valence-electron chi connectivity index (χ3n) is 16.2. The lowest BCUT2D eigenvalue weighted by molar-refractivity contribution is -0.161. The molecule has 0 aliphatic rings. The smallest absolute Gasteiger partial charge is 0.463 e. The number of carbonyl (C=O) groups excluding carboxylic acids is 3. The maximum atomic E-state index is 13.0. The number of aliphatic hydroxyl groups is 2. The van der Waals surface area contributed by atoms with E-state index >= 15 is 0 Å². The minimum atomic E-state index is -4.95. The van der Waals surface area contributed by atoms with Gasteiger partial charge in [-0.05, 0) is 148 Å². The van der Waals surface area contributed by atoms with Crippen LogP contribution < -0.4 is 0 Å². The van der Waals surface area contributed by atoms with E-state index < -0.39 is 91.5 Å². The Morgan fingerprint density at radius 2 is 0.515 bits per heavy atom. The van der Waals surface area contributed by atoms with Gasteiger partial charge in [0, 0.05) is 19.3 Å². The van der Waals surface area contributed by atoms with Crippen LogP contribution in [0.25, 0.3) is 0 Å². The summed E-state index contributed by atoms with van der Waals surface area (Å²) in [5, 5.41) is 20.6. The Bertz CT molecular complexity index is 2500. The van der Waals surface area contributed by atoms with Gasteiger partial charge in [0.05, 0.1) is 26.4 Å². The average Bonchev–Trinajstić information content (AvgIpc) is 0.917. The molecule has 0 aliphatic carbocycles. The van der Waals surface area contributed by atoms with Gasteiger partial charge >= 0.3 is 33.6 Å². The molecule has 0 saturated carbocycles. The van der Waals surface area contributed by atoms with E-state index in [0.29, 0.717) is 19.3 Å². The second kappa shape index (κ2) is 76.8. The molecule has 0 amide bonds. The van der Waals surface area contributed by atoms with Gasteiger partial charge in [-0.15, -0.1) is 0 Å². The van der Waals surface area contributed by atoms with E-state index in [-0.39, 0.29) is 19.3 Å². The molecule has 5 atom stereocenters. The lowest BCUT2D eigenvalue weighted by Gasteiger charge is -2.21. The van der Waals surface area contributed by atoms with E-state index in [1.165, 1.54) is 83.5 Å². The maximum Gasteiger partial charge on any atom is 0.472 e. The van der Waals surface area contributed by atoms with Crippen molar-refractivity contribution in [3.8, 4) is 0 Å². The number of esters is 3. The van der Waals surface area contributed by atoms with Gasteiger partial charge in [0.15, 0.2) is 6.10 Å². The topological polar surface area (TPSA) is 231 Å². The molecule has 0 aromatic carbocycles. The van der Waals surface area contributed by atoms with Crippen molar-refractivity contribution in [2.45, 2.75) is 322 Å². The molecule has 103 heavy (non-hydrogen) atoms. The minimum absolute atomic E-state index is 0.0737. The molecule has 5 unspecified atom stereocenters. The van der Waals surface area contributed by atoms with E-state index in [9.17, 15) is 43.5 Å². The highest BCUT2D eigenvalue weighted by atomic mass is 31.2. The Hall–Kier alpha value is -4.83. The van der Waals surface area contributed by atoms with Crippen LogP contribution in [0.5, 0.6) is 0 Å². The molecule has 588 valence electrons. The van der Waals surface area contributed by atoms with Crippen molar-refractivity contribution < 1.29 is 75.8 Å². The van der Waals surface area contributed by atoms with Gasteiger partial charge in [0.2, 0.25) is 0 Å². The first-order valence-corrected chi connectivity index (χ1v) is 42.8. The molecule has 0 spiro atoms. The van der Waals surface area contributed by atoms with Gasteiger partial charge in [0.1, 0.15) is 25.4 Å². The minimum Gasteiger partial charge on any atom is -0.463 e. The van der Waals surface area contributed by atoms with Gasteiger partial charge in [-0.2, -0.15) is 0 Å². The number of carbonyl (C=O) groups is 3. The Morgan fingerprint density at radius 1 is 0.282 bits per heavy atom. The van der Waals surface area contributed by atoms with Crippen LogP contribution >= 0.6 is 15.6 Å². The second-order valence-electron chi connectivity index (χ2n) is 26.1. The average molecular weight is 1480 g/mol. The molecule has 18 heteroatoms. The molecule has 0 fully saturated rings. The van der Waals surface area contributed by atoms with Gasteiger partial charge in [-0.1, -0.05) is 294 Å². The van der Waals surface area contributed by atoms with Crippen molar-refractivity contribution in [3.05, 3.63) is 158 Å². The van der Waals surface area contributed by atoms with Gasteiger partial charge in [-0.25, -0.2) is 9.13 Å². The van der Waals surface area contributed by atoms with Crippen LogP contribution in [0.3, 0.4) is 0 Å². The van der Waals surface area contributed by atoms with Gasteiger partial charge in [0.25, 0.3) is 0 Å². The van der Waals surface area contributed by atoms with Crippen molar-refractivity contribution in [2.24, 2.45) is 0 Å². The number of allylic oxidation sites excluding steroid dienone is 26. The number of aliphatic hydroxyl groups excluding tert-OH is 2. The molecular weight excluding hydrogens is 1340 g/mol. The van der Waals surface area contributed by atoms with E-state index in [4.69, 9.17) is 32.3 Å². The molecule has 0 radical (unpaired) electrons. The van der Waals surface area contributed by atoms with Crippen molar-refractivity contribution in [2.75, 3.05) is 39.6 Å². The maximum absolute atomic E-state index is 13.0. The van der Waals surface area contributed by atoms with Crippen LogP contribution in [0, 0.1) is 0 Å². The largest absolute Gasteiger partial charge is 0.472 e. The van der Waals surface area contributed by atoms with Crippen LogP contribution in [0.4, 0.5) is 0 Å². The zero-order chi connectivity index (χ0) is 75.2. The highest BCUT2D eigenvalue weighted by Crippen LogP contribution is 2.45. The van der Waals surface area contributed by atoms with Crippen LogP contribution in [0.1, 0.15) is 303 Å². The first-order chi connectivity index (χ1) is 50.2. The summed E-state index contributed by atoms with van der Waals surface area (Å²) in [5.74, 6) is -1.63. The zero-order valence-electron chi connectivity index (χ0n) is 64.2. The zero-order valence-corrected chi connectivity index (χ0v) is 66.0. The van der Waals surface area contributed by atoms with E-state index in [1.807, 2.05) is 0 Å². The van der Waals surface area contributed by atoms with Crippen LogP contribution in [-0.4, -0.2) is 95.9 Å². The molecule has 0 aromatic heterocycles. The molecule has 0 saturated heterocycles. The van der Waals surface area contributed by atoms with E-state index in [1.54, 1.807) is 0 Å². The van der Waals surface area contributed by atoms with Crippen molar-refractivity contribution in [3.63, 3.8) is 0 Å². The summed E-state index contributed by atoms with van der Waals surface area (Å²) >= 11 is 0. The molecule has 4 N–H and O–H groups in total. The van der Waals surface area contributed by atoms with Crippen LogP contribution in [-0.2, 0) is 55.8 Å². The predicted octanol–water partition coefficient (Wildman–Crippen LogP) is 23.4. The number of hydrogen-bond acceptors (Lipinski definition) is 14. The SMILES string of the molecule is CC/C=C\C/C=C\C/C=C\C/C=C\C/C=C\C/C=C\CCCCCCC(=O)OCC(COP(=O)(O)OCC(O)COP(=O)(O)OCC(O)COC(=O)CCCCCCCCCCCCCCC/C=C\C/C=C\C/C=C\C/C=C\CCCCC)OC(=O)CCCCCCC/C=C\C/C=C\C/C=C\CC. The third-order valence-corrected chi connectivity index (χ3v) is 18.1. The molecule has 0 heterocycles. The third kappa shape index (κ3) is 78.1. The quantitative estimate of drug-likeness (QED) is 0.0146. The Morgan fingerprint density at radius 3 is 0.816 bits per heavy atom. The monoisotopic (exact) mass is 1480 g/mol. The molecule has 0 aliphatic heterocycles. The number of rotatable bonds is 74. The number of ether oxygens (including phenoxy) is 3. The summed E-state index contributed by atoms with van der Waals surface area (Å²) in [7, 11) is -9.81. The summed E-state index contributed by atoms with van der Waals surface area (Å²) < 4.78 is 61.1. The van der Waals surface area contributed by atoms with E-state index in [0.717, 1.165) is 161 Å². The fourth-order valence-corrected chi connectivity index (χ4v) is 11.8. The lowest BCUT2D eigenvalue weighted by Crippen LogP contribution is -2.30. The van der Waals surface area contributed by atoms with Crippen molar-refractivity contribution in [1.82, 2.24) is 0 Å². The number of unbranched alkanes of at least 4 members (excludes halogenated alkanes) is 25. The summed E-state index contributed by atoms with van der Waals surface area (Å²) in [6, 6.07) is 0. The number of hydrogen-bond donors (Lipinski definition) is 4. The highest BCUT2D eigenvalue weighted by molar-refractivity contribution is 7.47. The number of phosphoric ester groups is 2. The molecule has 0 aromatic rings. The summed E-state index contributed by atoms with van der Waals surface area (Å²) in [4.78, 5) is 58.6. The summed E-state index contributed by atoms with van der Waals surface area (Å²) in [6.07, 6.45) is 95.8. The Kier molecular flexibility index (Phi) is 73.2. The molecule has 0 bridgehead atoms. The van der Waals surface area contributed by atoms with Crippen molar-refractivity contribution in [1.29, 1.82) is 0 Å². The molecule has 16 nitrogen and oxygen atoms in total. The standard InChI is InChI=1S/C85H142O16P2/c1-4-7-10-13-16-19-22-25-28-30-32-34-36-37-38-39-40-41-43-45-46-48-51-53-56-59-62-65-68-71-83(88)95-74-80(86)75-97-102(91,92)98-76-81(87)77-99-103(93,94)100-79-82(101-85(90)73-70-67-64-61-58-55-50-27-24-21-18-15-12-9-6-3)78-96-84(89)72-69-66-63-60-57-54-52-49-47-44-42-35-33-31-29-26-23-20-17-14-11-8-5-2/h8-9,11-12,16-21,25-29,32-35,37-38,44,47,50,52,54,80-82,86-87H,4-7,10,13-15,22-24,30-31,36,39-43,45-46,48-49,51,53,55-79H2,1-3H3,(H,91,92)(H,93,94)/b11-8-,12-9-,19-16-,20-17-,21-18-,28-25-,29-26-,34-32-,35-33-,38-37-,47-44-,50-27-,54-52-. The fourth-order valence-electron chi connectivity index (χ4n) is 10.2. The first-order valence-electron chi connectivity index (χ1n) is 39.8. The Labute approximate surface area is 625 Å².